The molecule has 0 radical (unpaired) electrons. The van der Waals surface area contributed by atoms with E-state index in [4.69, 9.17) is 0 Å². The second-order valence-electron chi connectivity index (χ2n) is 8.67. The lowest BCUT2D eigenvalue weighted by molar-refractivity contribution is -0.133. The minimum Gasteiger partial charge on any atom is -0.387 e. The molecule has 2 aliphatic heterocycles. The average molecular weight is 374 g/mol. The molecule has 27 heavy (non-hydrogen) atoms. The minimum absolute atomic E-state index is 0.00796. The van der Waals surface area contributed by atoms with E-state index in [-0.39, 0.29) is 11.5 Å². The molecule has 1 N–H and O–H groups in total. The van der Waals surface area contributed by atoms with E-state index in [1.165, 1.54) is 0 Å². The molecule has 7 heteroatoms. The van der Waals surface area contributed by atoms with Crippen molar-refractivity contribution in [2.75, 3.05) is 32.7 Å². The molecule has 0 aromatic carbocycles. The number of carbonyl (C=O) groups excluding carboxylic acids is 1. The highest BCUT2D eigenvalue weighted by Crippen LogP contribution is 2.26. The summed E-state index contributed by atoms with van der Waals surface area (Å²) >= 11 is 0. The third-order valence-corrected chi connectivity index (χ3v) is 6.26. The molecular weight excluding hydrogens is 344 g/mol. The van der Waals surface area contributed by atoms with Gasteiger partial charge in [-0.3, -0.25) is 14.5 Å². The van der Waals surface area contributed by atoms with E-state index < -0.39 is 5.60 Å². The molecule has 7 nitrogen and oxygen atoms in total. The van der Waals surface area contributed by atoms with Crippen molar-refractivity contribution in [3.63, 3.8) is 0 Å². The van der Waals surface area contributed by atoms with Crippen LogP contribution in [0.15, 0.2) is 10.9 Å². The zero-order valence-corrected chi connectivity index (χ0v) is 16.2. The smallest absolute Gasteiger partial charge is 0.267 e. The lowest BCUT2D eigenvalue weighted by Gasteiger charge is -2.44. The van der Waals surface area contributed by atoms with Gasteiger partial charge in [-0.25, -0.2) is 4.68 Å². The topological polar surface area (TPSA) is 78.7 Å². The molecule has 4 rings (SSSR count). The van der Waals surface area contributed by atoms with E-state index in [0.717, 1.165) is 69.4 Å². The predicted molar refractivity (Wildman–Crippen MR) is 102 cm³/mol. The highest BCUT2D eigenvalue weighted by Gasteiger charge is 2.38. The molecule has 2 fully saturated rings. The Morgan fingerprint density at radius 1 is 1.30 bits per heavy atom. The zero-order valence-electron chi connectivity index (χ0n) is 16.2. The van der Waals surface area contributed by atoms with Crippen LogP contribution in [0.25, 0.3) is 0 Å². The number of aryl methyl sites for hydroxylation is 2. The molecular formula is C20H30N4O3. The largest absolute Gasteiger partial charge is 0.387 e. The highest BCUT2D eigenvalue weighted by atomic mass is 16.3. The molecule has 2 saturated heterocycles. The van der Waals surface area contributed by atoms with E-state index in [1.54, 1.807) is 22.6 Å². The van der Waals surface area contributed by atoms with Crippen LogP contribution in [-0.2, 0) is 24.2 Å². The first-order valence-corrected chi connectivity index (χ1v) is 10.2. The number of aliphatic hydroxyl groups is 1. The maximum absolute atomic E-state index is 12.3. The van der Waals surface area contributed by atoms with Crippen LogP contribution >= 0.6 is 0 Å². The lowest BCUT2D eigenvalue weighted by atomic mass is 9.92. The second-order valence-corrected chi connectivity index (χ2v) is 8.67. The molecule has 1 aromatic rings. The van der Waals surface area contributed by atoms with E-state index >= 15 is 0 Å². The molecule has 0 spiro atoms. The third-order valence-electron chi connectivity index (χ3n) is 6.26. The van der Waals surface area contributed by atoms with Crippen LogP contribution in [0.4, 0.5) is 0 Å². The van der Waals surface area contributed by atoms with Crippen LogP contribution in [0.5, 0.6) is 0 Å². The van der Waals surface area contributed by atoms with Gasteiger partial charge in [0.15, 0.2) is 0 Å². The van der Waals surface area contributed by atoms with Crippen molar-refractivity contribution in [1.82, 2.24) is 19.6 Å². The zero-order chi connectivity index (χ0) is 19.0. The Hall–Kier alpha value is -1.73. The minimum atomic E-state index is -0.824. The Bertz CT molecular complexity index is 771. The fourth-order valence-corrected chi connectivity index (χ4v) is 4.82. The number of β-amino-alcohol motifs (C(OH)–C–C–N with tert-alkyl or cyclic N) is 1. The molecule has 0 bridgehead atoms. The summed E-state index contributed by atoms with van der Waals surface area (Å²) < 4.78 is 1.63. The van der Waals surface area contributed by atoms with Gasteiger partial charge in [0.05, 0.1) is 24.4 Å². The summed E-state index contributed by atoms with van der Waals surface area (Å²) in [6.45, 7) is 5.73. The Labute approximate surface area is 160 Å². The first-order valence-electron chi connectivity index (χ1n) is 10.2. The molecule has 148 valence electrons. The van der Waals surface area contributed by atoms with Crippen LogP contribution < -0.4 is 5.56 Å². The Kier molecular flexibility index (Phi) is 5.07. The number of hydrogen-bond acceptors (Lipinski definition) is 5. The van der Waals surface area contributed by atoms with Gasteiger partial charge in [-0.1, -0.05) is 0 Å². The van der Waals surface area contributed by atoms with Gasteiger partial charge in [0.25, 0.3) is 5.56 Å². The van der Waals surface area contributed by atoms with E-state index in [9.17, 15) is 14.7 Å². The van der Waals surface area contributed by atoms with Crippen LogP contribution in [0.1, 0.15) is 43.9 Å². The number of fused-ring (bicyclic) bond motifs is 1. The summed E-state index contributed by atoms with van der Waals surface area (Å²) in [5.41, 5.74) is 1.39. The molecule has 1 aliphatic carbocycles. The van der Waals surface area contributed by atoms with Gasteiger partial charge >= 0.3 is 0 Å². The predicted octanol–water partition coefficient (Wildman–Crippen LogP) is 0.427. The summed E-state index contributed by atoms with van der Waals surface area (Å²) in [5, 5.41) is 15.6. The van der Waals surface area contributed by atoms with E-state index in [2.05, 4.69) is 10.00 Å². The van der Waals surface area contributed by atoms with Gasteiger partial charge in [-0.05, 0) is 44.1 Å². The molecule has 3 aliphatic rings. The summed E-state index contributed by atoms with van der Waals surface area (Å²) in [6, 6.07) is 1.76. The molecule has 3 heterocycles. The number of carbonyl (C=O) groups is 1. The van der Waals surface area contributed by atoms with Crippen molar-refractivity contribution in [2.45, 2.75) is 57.6 Å². The molecule has 1 atom stereocenters. The van der Waals surface area contributed by atoms with Gasteiger partial charge in [-0.2, -0.15) is 5.10 Å². The Morgan fingerprint density at radius 3 is 2.89 bits per heavy atom. The summed E-state index contributed by atoms with van der Waals surface area (Å²) in [6.07, 6.45) is 5.70. The van der Waals surface area contributed by atoms with Crippen LogP contribution in [-0.4, -0.2) is 68.9 Å². The first kappa shape index (κ1) is 18.6. The standard InChI is InChI=1S/C20H30N4O3/c1-15(25)23-8-3-2-7-20(27,14-23)13-22-10-16(11-22)12-24-19(26)9-17-5-4-6-18(17)21-24/h9,16,27H,2-8,10-14H2,1H3. The number of rotatable bonds is 4. The quantitative estimate of drug-likeness (QED) is 0.827. The molecule has 1 aromatic heterocycles. The average Bonchev–Trinajstić information content (AvgIpc) is 2.93. The highest BCUT2D eigenvalue weighted by molar-refractivity contribution is 5.73. The Morgan fingerprint density at radius 2 is 2.11 bits per heavy atom. The van der Waals surface area contributed by atoms with Gasteiger partial charge in [-0.15, -0.1) is 0 Å². The van der Waals surface area contributed by atoms with Crippen molar-refractivity contribution in [2.24, 2.45) is 5.92 Å². The van der Waals surface area contributed by atoms with Gasteiger partial charge in [0, 0.05) is 45.1 Å². The van der Waals surface area contributed by atoms with Crippen molar-refractivity contribution in [1.29, 1.82) is 0 Å². The number of amides is 1. The number of nitrogens with zero attached hydrogens (tertiary/aromatic N) is 4. The first-order chi connectivity index (χ1) is 12.9. The Balaban J connectivity index is 1.32. The number of hydrogen-bond donors (Lipinski definition) is 1. The van der Waals surface area contributed by atoms with E-state index in [0.29, 0.717) is 25.6 Å². The fraction of sp³-hybridized carbons (Fsp3) is 0.750. The maximum atomic E-state index is 12.3. The molecule has 1 amide bonds. The monoisotopic (exact) mass is 374 g/mol. The second kappa shape index (κ2) is 7.36. The third kappa shape index (κ3) is 4.09. The summed E-state index contributed by atoms with van der Waals surface area (Å²) in [5.74, 6) is 0.437. The van der Waals surface area contributed by atoms with Crippen LogP contribution in [0, 0.1) is 5.92 Å². The van der Waals surface area contributed by atoms with Gasteiger partial charge in [0.1, 0.15) is 0 Å². The van der Waals surface area contributed by atoms with Crippen molar-refractivity contribution >= 4 is 5.91 Å². The normalized spacial score (nSPS) is 26.5. The maximum Gasteiger partial charge on any atom is 0.267 e. The molecule has 1 unspecified atom stereocenters. The number of aromatic nitrogens is 2. The van der Waals surface area contributed by atoms with E-state index in [1.807, 2.05) is 0 Å². The van der Waals surface area contributed by atoms with Gasteiger partial charge < -0.3 is 10.0 Å². The fourth-order valence-electron chi connectivity index (χ4n) is 4.82. The van der Waals surface area contributed by atoms with Crippen molar-refractivity contribution < 1.29 is 9.90 Å². The van der Waals surface area contributed by atoms with Gasteiger partial charge in [0.2, 0.25) is 5.91 Å². The van der Waals surface area contributed by atoms with Crippen molar-refractivity contribution in [3.8, 4) is 0 Å². The number of likely N-dealkylation sites (tertiary alicyclic amines) is 2. The van der Waals surface area contributed by atoms with Crippen LogP contribution in [0.2, 0.25) is 0 Å². The lowest BCUT2D eigenvalue weighted by Crippen LogP contribution is -2.58. The summed E-state index contributed by atoms with van der Waals surface area (Å²) in [7, 11) is 0. The van der Waals surface area contributed by atoms with Crippen molar-refractivity contribution in [3.05, 3.63) is 27.7 Å². The summed E-state index contributed by atoms with van der Waals surface area (Å²) in [4.78, 5) is 28.0. The SMILES string of the molecule is CC(=O)N1CCCCC(O)(CN2CC(Cn3nc4c(cc3=O)CCC4)C2)C1. The van der Waals surface area contributed by atoms with Crippen LogP contribution in [0.3, 0.4) is 0 Å². The molecule has 0 saturated carbocycles.